The molecule has 0 saturated heterocycles. The van der Waals surface area contributed by atoms with Crippen LogP contribution in [0.25, 0.3) is 0 Å². The second-order valence-corrected chi connectivity index (χ2v) is 3.73. The highest BCUT2D eigenvalue weighted by Gasteiger charge is 2.07. The first-order valence-electron chi connectivity index (χ1n) is 5.68. The first kappa shape index (κ1) is 12.5. The largest absolute Gasteiger partial charge is 0.330 e. The minimum atomic E-state index is 1.01. The minimum Gasteiger partial charge on any atom is -0.330 e. The molecule has 0 aliphatic heterocycles. The Balaban J connectivity index is 2.96. The van der Waals surface area contributed by atoms with E-state index in [0.717, 1.165) is 12.2 Å². The van der Waals surface area contributed by atoms with Crippen molar-refractivity contribution in [2.24, 2.45) is 0 Å². The maximum absolute atomic E-state index is 4.41. The molecular weight excluding hydrogens is 196 g/mol. The molecule has 0 bridgehead atoms. The van der Waals surface area contributed by atoms with Gasteiger partial charge in [-0.2, -0.15) is 0 Å². The van der Waals surface area contributed by atoms with Gasteiger partial charge < -0.3 is 4.90 Å². The average molecular weight is 216 g/mol. The zero-order chi connectivity index (χ0) is 12.0. The van der Waals surface area contributed by atoms with Gasteiger partial charge in [0.1, 0.15) is 5.82 Å². The van der Waals surface area contributed by atoms with Gasteiger partial charge in [-0.25, -0.2) is 4.98 Å². The number of likely N-dealkylation sites (N-methyl/N-ethyl adjacent to an activating group) is 1. The number of aryl methyl sites for hydroxylation is 1. The molecule has 0 fully saturated rings. The summed E-state index contributed by atoms with van der Waals surface area (Å²) in [6.45, 7) is 6.26. The molecule has 2 heteroatoms. The summed E-state index contributed by atoms with van der Waals surface area (Å²) in [4.78, 5) is 6.52. The quantitative estimate of drug-likeness (QED) is 0.713. The lowest BCUT2D eigenvalue weighted by Gasteiger charge is -2.21. The molecule has 1 rings (SSSR count). The zero-order valence-electron chi connectivity index (χ0n) is 10.6. The fourth-order valence-electron chi connectivity index (χ4n) is 1.59. The number of aromatic nitrogens is 1. The Bertz CT molecular complexity index is 391. The van der Waals surface area contributed by atoms with E-state index < -0.39 is 0 Å². The van der Waals surface area contributed by atoms with Gasteiger partial charge in [0.05, 0.1) is 0 Å². The van der Waals surface area contributed by atoms with Crippen LogP contribution in [0.3, 0.4) is 0 Å². The molecule has 0 radical (unpaired) electrons. The molecule has 0 spiro atoms. The summed E-state index contributed by atoms with van der Waals surface area (Å²) in [5, 5.41) is 0. The van der Waals surface area contributed by atoms with E-state index in [1.807, 2.05) is 26.2 Å². The monoisotopic (exact) mass is 216 g/mol. The van der Waals surface area contributed by atoms with Crippen molar-refractivity contribution in [1.82, 2.24) is 4.98 Å². The van der Waals surface area contributed by atoms with Gasteiger partial charge in [-0.05, 0) is 38.0 Å². The maximum atomic E-state index is 4.41. The molecule has 1 aromatic rings. The fourth-order valence-corrected chi connectivity index (χ4v) is 1.59. The van der Waals surface area contributed by atoms with Gasteiger partial charge in [-0.3, -0.25) is 0 Å². The molecule has 0 aliphatic carbocycles. The highest BCUT2D eigenvalue weighted by atomic mass is 15.2. The van der Waals surface area contributed by atoms with E-state index in [-0.39, 0.29) is 0 Å². The van der Waals surface area contributed by atoms with Gasteiger partial charge in [0.15, 0.2) is 0 Å². The van der Waals surface area contributed by atoms with Crippen LogP contribution >= 0.6 is 0 Å². The molecule has 0 N–H and O–H groups in total. The van der Waals surface area contributed by atoms with Gasteiger partial charge in [0.25, 0.3) is 0 Å². The standard InChI is InChI=1S/C14H20N2/c1-5-7-10-13(6-2)16(4)14-12(3)9-8-11-15-14/h6-11H,5H2,1-4H3/b10-7-,13-6+. The molecular formula is C14H20N2. The van der Waals surface area contributed by atoms with Crippen LogP contribution in [-0.2, 0) is 0 Å². The number of nitrogens with zero attached hydrogens (tertiary/aromatic N) is 2. The number of allylic oxidation sites excluding steroid dienone is 3. The van der Waals surface area contributed by atoms with Crippen molar-refractivity contribution in [3.05, 3.63) is 47.8 Å². The van der Waals surface area contributed by atoms with Crippen LogP contribution in [-0.4, -0.2) is 12.0 Å². The average Bonchev–Trinajstić information content (AvgIpc) is 2.30. The summed E-state index contributed by atoms with van der Waals surface area (Å²) >= 11 is 0. The van der Waals surface area contributed by atoms with E-state index in [9.17, 15) is 0 Å². The van der Waals surface area contributed by atoms with Crippen LogP contribution in [0.1, 0.15) is 25.8 Å². The Morgan fingerprint density at radius 3 is 2.81 bits per heavy atom. The first-order valence-corrected chi connectivity index (χ1v) is 5.68. The van der Waals surface area contributed by atoms with Crippen molar-refractivity contribution >= 4 is 5.82 Å². The Hall–Kier alpha value is -1.57. The normalized spacial score (nSPS) is 12.1. The number of anilines is 1. The Labute approximate surface area is 98.3 Å². The van der Waals surface area contributed by atoms with Crippen LogP contribution < -0.4 is 4.90 Å². The maximum Gasteiger partial charge on any atom is 0.135 e. The lowest BCUT2D eigenvalue weighted by Crippen LogP contribution is -2.17. The molecule has 1 aromatic heterocycles. The second-order valence-electron chi connectivity index (χ2n) is 3.73. The molecule has 16 heavy (non-hydrogen) atoms. The molecule has 0 atom stereocenters. The molecule has 0 aromatic carbocycles. The predicted molar refractivity (Wildman–Crippen MR) is 70.6 cm³/mol. The van der Waals surface area contributed by atoms with Crippen molar-refractivity contribution in [2.45, 2.75) is 27.2 Å². The molecule has 1 heterocycles. The second kappa shape index (κ2) is 6.11. The summed E-state index contributed by atoms with van der Waals surface area (Å²) in [5.74, 6) is 1.01. The Morgan fingerprint density at radius 1 is 1.50 bits per heavy atom. The van der Waals surface area contributed by atoms with E-state index in [1.54, 1.807) is 0 Å². The number of hydrogen-bond donors (Lipinski definition) is 0. The predicted octanol–water partition coefficient (Wildman–Crippen LogP) is 3.70. The molecule has 0 saturated carbocycles. The van der Waals surface area contributed by atoms with Gasteiger partial charge in [-0.15, -0.1) is 0 Å². The van der Waals surface area contributed by atoms with Crippen LogP contribution in [0.2, 0.25) is 0 Å². The van der Waals surface area contributed by atoms with Crippen LogP contribution in [0.15, 0.2) is 42.3 Å². The summed E-state index contributed by atoms with van der Waals surface area (Å²) < 4.78 is 0. The summed E-state index contributed by atoms with van der Waals surface area (Å²) in [6, 6.07) is 4.04. The molecule has 86 valence electrons. The minimum absolute atomic E-state index is 1.01. The third kappa shape index (κ3) is 2.96. The van der Waals surface area contributed by atoms with E-state index in [1.165, 1.54) is 11.3 Å². The Kier molecular flexibility index (Phi) is 4.77. The smallest absolute Gasteiger partial charge is 0.135 e. The van der Waals surface area contributed by atoms with E-state index in [2.05, 4.69) is 48.0 Å². The number of hydrogen-bond acceptors (Lipinski definition) is 2. The van der Waals surface area contributed by atoms with Gasteiger partial charge in [0.2, 0.25) is 0 Å². The third-order valence-corrected chi connectivity index (χ3v) is 2.51. The van der Waals surface area contributed by atoms with Crippen LogP contribution in [0.5, 0.6) is 0 Å². The lowest BCUT2D eigenvalue weighted by molar-refractivity contribution is 1.05. The molecule has 2 nitrogen and oxygen atoms in total. The van der Waals surface area contributed by atoms with Crippen molar-refractivity contribution in [2.75, 3.05) is 11.9 Å². The SMILES string of the molecule is C/C=C(\C=C/CC)N(C)c1ncccc1C. The highest BCUT2D eigenvalue weighted by Crippen LogP contribution is 2.19. The number of pyridine rings is 1. The fraction of sp³-hybridized carbons (Fsp3) is 0.357. The van der Waals surface area contributed by atoms with Crippen molar-refractivity contribution in [1.29, 1.82) is 0 Å². The van der Waals surface area contributed by atoms with Gasteiger partial charge in [-0.1, -0.05) is 25.1 Å². The number of rotatable bonds is 4. The zero-order valence-corrected chi connectivity index (χ0v) is 10.6. The molecule has 0 amide bonds. The van der Waals surface area contributed by atoms with E-state index in [0.29, 0.717) is 0 Å². The van der Waals surface area contributed by atoms with Crippen LogP contribution in [0.4, 0.5) is 5.82 Å². The molecule has 0 aliphatic rings. The highest BCUT2D eigenvalue weighted by molar-refractivity contribution is 5.52. The van der Waals surface area contributed by atoms with Gasteiger partial charge in [0, 0.05) is 18.9 Å². The van der Waals surface area contributed by atoms with E-state index >= 15 is 0 Å². The third-order valence-electron chi connectivity index (χ3n) is 2.51. The van der Waals surface area contributed by atoms with Crippen LogP contribution in [0, 0.1) is 6.92 Å². The van der Waals surface area contributed by atoms with Crippen molar-refractivity contribution in [3.8, 4) is 0 Å². The Morgan fingerprint density at radius 2 is 2.25 bits per heavy atom. The summed E-state index contributed by atoms with van der Waals surface area (Å²) in [5.41, 5.74) is 2.36. The van der Waals surface area contributed by atoms with Crippen molar-refractivity contribution in [3.63, 3.8) is 0 Å². The topological polar surface area (TPSA) is 16.1 Å². The molecule has 0 unspecified atom stereocenters. The summed E-state index contributed by atoms with van der Waals surface area (Å²) in [7, 11) is 2.05. The summed E-state index contributed by atoms with van der Waals surface area (Å²) in [6.07, 6.45) is 9.26. The first-order chi connectivity index (χ1) is 7.70. The van der Waals surface area contributed by atoms with E-state index in [4.69, 9.17) is 0 Å². The van der Waals surface area contributed by atoms with Crippen molar-refractivity contribution < 1.29 is 0 Å². The lowest BCUT2D eigenvalue weighted by atomic mass is 10.2. The van der Waals surface area contributed by atoms with Gasteiger partial charge >= 0.3 is 0 Å².